The number of epoxide rings is 2. The zero-order valence-electron chi connectivity index (χ0n) is 20.6. The van der Waals surface area contributed by atoms with Crippen molar-refractivity contribution in [2.75, 3.05) is 53.9 Å². The number of ether oxygens (including phenoxy) is 4. The Kier molecular flexibility index (Phi) is 13.1. The van der Waals surface area contributed by atoms with Gasteiger partial charge in [-0.05, 0) is 64.2 Å². The van der Waals surface area contributed by atoms with Gasteiger partial charge in [-0.25, -0.2) is 0 Å². The molecule has 2 heterocycles. The van der Waals surface area contributed by atoms with Crippen molar-refractivity contribution in [3.63, 3.8) is 0 Å². The maximum absolute atomic E-state index is 6.26. The van der Waals surface area contributed by atoms with Crippen LogP contribution in [-0.2, 0) is 31.9 Å². The standard InChI is InChI=1S/C11H26O3Si2.C9H20O4Si/c1-15(2,3)14-16(4,5)8-6-7-12-9-11-10-13-11;1-10-14(3,11-2)6-4-5-12-7-9-8-13-9/h11H,6-10H2,1-5H3;9H,4-8H2,1-3H3. The molecule has 0 aromatic carbocycles. The average Bonchev–Trinajstić information content (AvgIpc) is 3.54. The molecule has 2 atom stereocenters. The summed E-state index contributed by atoms with van der Waals surface area (Å²) in [6.45, 7) is 18.4. The van der Waals surface area contributed by atoms with Crippen molar-refractivity contribution < 1.29 is 31.9 Å². The van der Waals surface area contributed by atoms with Gasteiger partial charge in [0.15, 0.2) is 16.6 Å². The van der Waals surface area contributed by atoms with E-state index in [1.165, 1.54) is 6.04 Å². The predicted octanol–water partition coefficient (Wildman–Crippen LogP) is 4.01. The van der Waals surface area contributed by atoms with Crippen molar-refractivity contribution in [3.05, 3.63) is 0 Å². The van der Waals surface area contributed by atoms with Gasteiger partial charge in [0.2, 0.25) is 0 Å². The zero-order chi connectivity index (χ0) is 22.7. The van der Waals surface area contributed by atoms with Crippen LogP contribution in [0.5, 0.6) is 0 Å². The summed E-state index contributed by atoms with van der Waals surface area (Å²) in [5.74, 6) is 0. The van der Waals surface area contributed by atoms with Gasteiger partial charge in [0.25, 0.3) is 0 Å². The first kappa shape index (κ1) is 28.4. The summed E-state index contributed by atoms with van der Waals surface area (Å²) >= 11 is 0. The molecule has 0 aromatic heterocycles. The summed E-state index contributed by atoms with van der Waals surface area (Å²) in [6, 6.07) is 2.17. The molecule has 2 aliphatic rings. The second kappa shape index (κ2) is 13.8. The molecule has 7 nitrogen and oxygen atoms in total. The van der Waals surface area contributed by atoms with Gasteiger partial charge in [0.1, 0.15) is 12.2 Å². The van der Waals surface area contributed by atoms with Crippen LogP contribution in [0, 0.1) is 0 Å². The Morgan fingerprint density at radius 3 is 1.53 bits per heavy atom. The monoisotopic (exact) mass is 482 g/mol. The SMILES string of the molecule is CO[Si](C)(CCCOCC1CO1)OC.C[Si](C)(C)O[Si](C)(C)CCCOCC1CO1. The summed E-state index contributed by atoms with van der Waals surface area (Å²) in [5.41, 5.74) is 0. The zero-order valence-corrected chi connectivity index (χ0v) is 23.6. The predicted molar refractivity (Wildman–Crippen MR) is 128 cm³/mol. The molecule has 0 amide bonds. The van der Waals surface area contributed by atoms with Gasteiger partial charge < -0.3 is 31.9 Å². The Bertz CT molecular complexity index is 448. The maximum Gasteiger partial charge on any atom is 0.334 e. The van der Waals surface area contributed by atoms with Crippen LogP contribution in [-0.4, -0.2) is 91.3 Å². The van der Waals surface area contributed by atoms with Crippen molar-refractivity contribution in [1.82, 2.24) is 0 Å². The van der Waals surface area contributed by atoms with Crippen LogP contribution in [0.4, 0.5) is 0 Å². The summed E-state index contributed by atoms with van der Waals surface area (Å²) in [5, 5.41) is 0. The fourth-order valence-electron chi connectivity index (χ4n) is 3.02. The van der Waals surface area contributed by atoms with Crippen LogP contribution in [0.15, 0.2) is 0 Å². The Hall–Kier alpha value is 0.371. The van der Waals surface area contributed by atoms with E-state index in [2.05, 4.69) is 39.3 Å². The molecular weight excluding hydrogens is 436 g/mol. The maximum atomic E-state index is 6.26. The lowest BCUT2D eigenvalue weighted by atomic mass is 10.5. The minimum atomic E-state index is -1.87. The lowest BCUT2D eigenvalue weighted by Crippen LogP contribution is -2.42. The first-order chi connectivity index (χ1) is 14.0. The number of hydrogen-bond donors (Lipinski definition) is 0. The van der Waals surface area contributed by atoms with E-state index in [0.717, 1.165) is 58.5 Å². The molecular formula is C20H46O7Si3. The largest absolute Gasteiger partial charge is 0.456 e. The molecule has 0 aliphatic carbocycles. The highest BCUT2D eigenvalue weighted by atomic mass is 28.4. The Morgan fingerprint density at radius 1 is 0.733 bits per heavy atom. The molecule has 2 fully saturated rings. The van der Waals surface area contributed by atoms with Crippen LogP contribution >= 0.6 is 0 Å². The second-order valence-corrected chi connectivity index (χ2v) is 22.4. The third kappa shape index (κ3) is 16.1. The fraction of sp³-hybridized carbons (Fsp3) is 1.00. The van der Waals surface area contributed by atoms with E-state index in [-0.39, 0.29) is 0 Å². The second-order valence-electron chi connectivity index (χ2n) is 9.78. The Balaban J connectivity index is 0.000000303. The summed E-state index contributed by atoms with van der Waals surface area (Å²) in [6.07, 6.45) is 2.88. The van der Waals surface area contributed by atoms with Crippen molar-refractivity contribution in [3.8, 4) is 0 Å². The third-order valence-corrected chi connectivity index (χ3v) is 14.1. The molecule has 0 radical (unpaired) electrons. The van der Waals surface area contributed by atoms with E-state index >= 15 is 0 Å². The van der Waals surface area contributed by atoms with Crippen LogP contribution in [0.2, 0.25) is 51.4 Å². The molecule has 0 saturated carbocycles. The third-order valence-electron chi connectivity index (χ3n) is 4.85. The van der Waals surface area contributed by atoms with Gasteiger partial charge in [0, 0.05) is 27.4 Å². The molecule has 2 aliphatic heterocycles. The number of hydrogen-bond acceptors (Lipinski definition) is 7. The molecule has 180 valence electrons. The van der Waals surface area contributed by atoms with Crippen LogP contribution in [0.3, 0.4) is 0 Å². The first-order valence-electron chi connectivity index (χ1n) is 11.2. The Labute approximate surface area is 187 Å². The molecule has 2 unspecified atom stereocenters. The molecule has 30 heavy (non-hydrogen) atoms. The van der Waals surface area contributed by atoms with E-state index in [9.17, 15) is 0 Å². The van der Waals surface area contributed by atoms with E-state index in [0.29, 0.717) is 12.2 Å². The molecule has 10 heteroatoms. The number of rotatable bonds is 16. The van der Waals surface area contributed by atoms with E-state index in [1.54, 1.807) is 14.2 Å². The minimum Gasteiger partial charge on any atom is -0.456 e. The van der Waals surface area contributed by atoms with Gasteiger partial charge in [-0.2, -0.15) is 0 Å². The van der Waals surface area contributed by atoms with Crippen molar-refractivity contribution in [2.45, 2.75) is 76.4 Å². The minimum absolute atomic E-state index is 0.364. The summed E-state index contributed by atoms with van der Waals surface area (Å²) in [4.78, 5) is 0. The van der Waals surface area contributed by atoms with E-state index in [4.69, 9.17) is 31.9 Å². The van der Waals surface area contributed by atoms with Crippen molar-refractivity contribution in [2.24, 2.45) is 0 Å². The fourth-order valence-corrected chi connectivity index (χ4v) is 12.4. The molecule has 2 rings (SSSR count). The van der Waals surface area contributed by atoms with Crippen LogP contribution in [0.1, 0.15) is 12.8 Å². The summed E-state index contributed by atoms with van der Waals surface area (Å²) < 4.78 is 38.1. The van der Waals surface area contributed by atoms with Crippen molar-refractivity contribution >= 4 is 25.2 Å². The quantitative estimate of drug-likeness (QED) is 0.187. The molecule has 0 bridgehead atoms. The molecule has 2 saturated heterocycles. The van der Waals surface area contributed by atoms with E-state index in [1.807, 2.05) is 0 Å². The van der Waals surface area contributed by atoms with Crippen LogP contribution < -0.4 is 0 Å². The topological polar surface area (TPSA) is 71.2 Å². The van der Waals surface area contributed by atoms with Gasteiger partial charge >= 0.3 is 8.56 Å². The molecule has 0 aromatic rings. The van der Waals surface area contributed by atoms with Gasteiger partial charge in [-0.15, -0.1) is 0 Å². The first-order valence-corrected chi connectivity index (χ1v) is 20.2. The highest BCUT2D eigenvalue weighted by Gasteiger charge is 2.29. The lowest BCUT2D eigenvalue weighted by Gasteiger charge is -2.31. The lowest BCUT2D eigenvalue weighted by molar-refractivity contribution is 0.114. The summed E-state index contributed by atoms with van der Waals surface area (Å²) in [7, 11) is -1.25. The van der Waals surface area contributed by atoms with Crippen LogP contribution in [0.25, 0.3) is 0 Å². The highest BCUT2D eigenvalue weighted by molar-refractivity contribution is 6.84. The normalized spacial score (nSPS) is 21.2. The van der Waals surface area contributed by atoms with E-state index < -0.39 is 25.2 Å². The smallest absolute Gasteiger partial charge is 0.334 e. The Morgan fingerprint density at radius 2 is 1.17 bits per heavy atom. The molecule has 0 spiro atoms. The van der Waals surface area contributed by atoms with Crippen molar-refractivity contribution in [1.29, 1.82) is 0 Å². The average molecular weight is 483 g/mol. The highest BCUT2D eigenvalue weighted by Crippen LogP contribution is 2.20. The van der Waals surface area contributed by atoms with Gasteiger partial charge in [0.05, 0.1) is 26.4 Å². The molecule has 0 N–H and O–H groups in total. The van der Waals surface area contributed by atoms with Gasteiger partial charge in [-0.1, -0.05) is 0 Å². The van der Waals surface area contributed by atoms with Gasteiger partial charge in [-0.3, -0.25) is 0 Å².